The summed E-state index contributed by atoms with van der Waals surface area (Å²) in [5.74, 6) is 1.41. The highest BCUT2D eigenvalue weighted by Gasteiger charge is 2.53. The molecular formula is C21H28O4. The van der Waals surface area contributed by atoms with Crippen molar-refractivity contribution in [3.8, 4) is 5.75 Å². The van der Waals surface area contributed by atoms with E-state index in [9.17, 15) is 15.0 Å². The fourth-order valence-electron chi connectivity index (χ4n) is 5.77. The minimum absolute atomic E-state index is 0.135. The number of esters is 1. The first-order valence-electron chi connectivity index (χ1n) is 9.66. The average Bonchev–Trinajstić information content (AvgIpc) is 2.91. The smallest absolute Gasteiger partial charge is 0.311 e. The van der Waals surface area contributed by atoms with E-state index in [1.165, 1.54) is 11.1 Å². The second-order valence-corrected chi connectivity index (χ2v) is 8.42. The molecular weight excluding hydrogens is 316 g/mol. The van der Waals surface area contributed by atoms with Crippen LogP contribution in [-0.2, 0) is 16.0 Å². The SMILES string of the molecule is CC(C)OC(=O)[C@@H]1C[C@@H]2C(CC[C@@H]3c4ccc(O)cc4CC[C@H]32)[C@H]1O. The third-order valence-electron chi connectivity index (χ3n) is 6.73. The van der Waals surface area contributed by atoms with Crippen LogP contribution in [0.25, 0.3) is 0 Å². The summed E-state index contributed by atoms with van der Waals surface area (Å²) < 4.78 is 5.39. The van der Waals surface area contributed by atoms with Crippen molar-refractivity contribution in [2.24, 2.45) is 23.7 Å². The predicted molar refractivity (Wildman–Crippen MR) is 94.2 cm³/mol. The van der Waals surface area contributed by atoms with Crippen molar-refractivity contribution in [2.75, 3.05) is 0 Å². The van der Waals surface area contributed by atoms with Gasteiger partial charge in [0.1, 0.15) is 5.75 Å². The van der Waals surface area contributed by atoms with E-state index in [0.29, 0.717) is 23.5 Å². The van der Waals surface area contributed by atoms with Crippen LogP contribution in [0.1, 0.15) is 56.6 Å². The van der Waals surface area contributed by atoms with Crippen molar-refractivity contribution in [3.05, 3.63) is 29.3 Å². The average molecular weight is 344 g/mol. The highest BCUT2D eigenvalue weighted by Crippen LogP contribution is 2.56. The van der Waals surface area contributed by atoms with E-state index in [1.807, 2.05) is 19.9 Å². The molecule has 0 spiro atoms. The molecule has 6 atom stereocenters. The lowest BCUT2D eigenvalue weighted by Crippen LogP contribution is -2.37. The minimum atomic E-state index is -0.557. The van der Waals surface area contributed by atoms with Gasteiger partial charge in [0, 0.05) is 0 Å². The van der Waals surface area contributed by atoms with E-state index < -0.39 is 6.10 Å². The summed E-state index contributed by atoms with van der Waals surface area (Å²) in [5, 5.41) is 20.5. The number of phenols is 1. The van der Waals surface area contributed by atoms with Crippen LogP contribution in [0.3, 0.4) is 0 Å². The van der Waals surface area contributed by atoms with Gasteiger partial charge in [0.2, 0.25) is 0 Å². The van der Waals surface area contributed by atoms with Crippen molar-refractivity contribution < 1.29 is 19.7 Å². The highest BCUT2D eigenvalue weighted by molar-refractivity contribution is 5.74. The lowest BCUT2D eigenvalue weighted by atomic mass is 9.61. The number of ether oxygens (including phenoxy) is 1. The number of aryl methyl sites for hydroxylation is 1. The number of benzene rings is 1. The Balaban J connectivity index is 1.56. The van der Waals surface area contributed by atoms with Gasteiger partial charge >= 0.3 is 5.97 Å². The topological polar surface area (TPSA) is 66.8 Å². The Morgan fingerprint density at radius 3 is 2.72 bits per heavy atom. The summed E-state index contributed by atoms with van der Waals surface area (Å²) in [5.41, 5.74) is 2.64. The highest BCUT2D eigenvalue weighted by atomic mass is 16.5. The zero-order valence-corrected chi connectivity index (χ0v) is 15.0. The van der Waals surface area contributed by atoms with Crippen LogP contribution in [0.5, 0.6) is 5.75 Å². The summed E-state index contributed by atoms with van der Waals surface area (Å²) in [6.45, 7) is 3.71. The van der Waals surface area contributed by atoms with Gasteiger partial charge in [0.05, 0.1) is 18.1 Å². The number of phenolic OH excluding ortho intramolecular Hbond substituents is 1. The third kappa shape index (κ3) is 2.84. The Morgan fingerprint density at radius 2 is 1.96 bits per heavy atom. The molecule has 4 heteroatoms. The monoisotopic (exact) mass is 344 g/mol. The lowest BCUT2D eigenvalue weighted by molar-refractivity contribution is -0.155. The van der Waals surface area contributed by atoms with Gasteiger partial charge in [-0.2, -0.15) is 0 Å². The van der Waals surface area contributed by atoms with Crippen molar-refractivity contribution in [1.29, 1.82) is 0 Å². The van der Waals surface area contributed by atoms with Crippen molar-refractivity contribution in [1.82, 2.24) is 0 Å². The Kier molecular flexibility index (Phi) is 4.27. The Morgan fingerprint density at radius 1 is 1.16 bits per heavy atom. The zero-order valence-electron chi connectivity index (χ0n) is 15.0. The van der Waals surface area contributed by atoms with Gasteiger partial charge in [-0.1, -0.05) is 6.07 Å². The fourth-order valence-corrected chi connectivity index (χ4v) is 5.77. The fraction of sp³-hybridized carbons (Fsp3) is 0.667. The van der Waals surface area contributed by atoms with Crippen LogP contribution >= 0.6 is 0 Å². The normalized spacial score (nSPS) is 36.5. The van der Waals surface area contributed by atoms with Gasteiger partial charge in [0.25, 0.3) is 0 Å². The molecule has 0 amide bonds. The first-order valence-corrected chi connectivity index (χ1v) is 9.66. The van der Waals surface area contributed by atoms with Gasteiger partial charge in [0.15, 0.2) is 0 Å². The summed E-state index contributed by atoms with van der Waals surface area (Å²) in [4.78, 5) is 12.4. The third-order valence-corrected chi connectivity index (χ3v) is 6.73. The minimum Gasteiger partial charge on any atom is -0.508 e. The molecule has 1 aromatic carbocycles. The molecule has 0 saturated heterocycles. The molecule has 0 aliphatic heterocycles. The molecule has 0 bridgehead atoms. The maximum atomic E-state index is 12.4. The number of aliphatic hydroxyl groups excluding tert-OH is 1. The van der Waals surface area contributed by atoms with Crippen molar-refractivity contribution in [2.45, 2.75) is 64.1 Å². The molecule has 25 heavy (non-hydrogen) atoms. The molecule has 2 N–H and O–H groups in total. The van der Waals surface area contributed by atoms with Crippen molar-refractivity contribution in [3.63, 3.8) is 0 Å². The number of aromatic hydroxyl groups is 1. The van der Waals surface area contributed by atoms with Gasteiger partial charge < -0.3 is 14.9 Å². The van der Waals surface area contributed by atoms with Gasteiger partial charge in [-0.05, 0) is 92.9 Å². The number of carbonyl (C=O) groups excluding carboxylic acids is 1. The first-order chi connectivity index (χ1) is 12.0. The zero-order chi connectivity index (χ0) is 17.7. The van der Waals surface area contributed by atoms with E-state index in [-0.39, 0.29) is 23.9 Å². The van der Waals surface area contributed by atoms with Crippen LogP contribution in [0.15, 0.2) is 18.2 Å². The first kappa shape index (κ1) is 16.9. The predicted octanol–water partition coefficient (Wildman–Crippen LogP) is 3.40. The summed E-state index contributed by atoms with van der Waals surface area (Å²) in [7, 11) is 0. The quantitative estimate of drug-likeness (QED) is 0.807. The molecule has 2 fully saturated rings. The molecule has 136 valence electrons. The van der Waals surface area contributed by atoms with E-state index in [4.69, 9.17) is 4.74 Å². The maximum absolute atomic E-state index is 12.4. The maximum Gasteiger partial charge on any atom is 0.311 e. The van der Waals surface area contributed by atoms with Gasteiger partial charge in [-0.3, -0.25) is 4.79 Å². The molecule has 4 rings (SSSR count). The number of rotatable bonds is 2. The largest absolute Gasteiger partial charge is 0.508 e. The Hall–Kier alpha value is -1.55. The molecule has 0 heterocycles. The van der Waals surface area contributed by atoms with Gasteiger partial charge in [-0.25, -0.2) is 0 Å². The van der Waals surface area contributed by atoms with Crippen molar-refractivity contribution >= 4 is 5.97 Å². The van der Waals surface area contributed by atoms with Crippen LogP contribution in [0.2, 0.25) is 0 Å². The number of carbonyl (C=O) groups is 1. The Bertz CT molecular complexity index is 668. The van der Waals surface area contributed by atoms with Crippen LogP contribution < -0.4 is 0 Å². The molecule has 1 unspecified atom stereocenters. The number of aliphatic hydroxyl groups is 1. The standard InChI is InChI=1S/C21H28O4/c1-11(2)25-21(24)19-10-18-16-5-3-12-9-13(22)4-6-14(12)15(16)7-8-17(18)20(19)23/h4,6,9,11,15-20,22-23H,3,5,7-8,10H2,1-2H3/t15-,16-,17?,18+,19-,20-/m1/s1. The molecule has 0 aromatic heterocycles. The summed E-state index contributed by atoms with van der Waals surface area (Å²) in [6, 6.07) is 5.78. The number of fused-ring (bicyclic) bond motifs is 5. The second-order valence-electron chi connectivity index (χ2n) is 8.42. The molecule has 3 aliphatic rings. The van der Waals surface area contributed by atoms with Crippen LogP contribution in [0, 0.1) is 23.7 Å². The second kappa shape index (κ2) is 6.31. The van der Waals surface area contributed by atoms with E-state index in [2.05, 4.69) is 6.07 Å². The van der Waals surface area contributed by atoms with E-state index >= 15 is 0 Å². The van der Waals surface area contributed by atoms with Crippen LogP contribution in [0.4, 0.5) is 0 Å². The Labute approximate surface area is 149 Å². The lowest BCUT2D eigenvalue weighted by Gasteiger charge is -2.44. The molecule has 2 saturated carbocycles. The number of hydrogen-bond acceptors (Lipinski definition) is 4. The molecule has 4 nitrogen and oxygen atoms in total. The van der Waals surface area contributed by atoms with Crippen LogP contribution in [-0.4, -0.2) is 28.4 Å². The molecule has 3 aliphatic carbocycles. The van der Waals surface area contributed by atoms with Gasteiger partial charge in [-0.15, -0.1) is 0 Å². The molecule has 1 aromatic rings. The molecule has 0 radical (unpaired) electrons. The summed E-state index contributed by atoms with van der Waals surface area (Å²) >= 11 is 0. The van der Waals surface area contributed by atoms with E-state index in [1.54, 1.807) is 6.07 Å². The summed E-state index contributed by atoms with van der Waals surface area (Å²) in [6.07, 6.45) is 4.16. The number of hydrogen-bond donors (Lipinski definition) is 2. The van der Waals surface area contributed by atoms with E-state index in [0.717, 1.165) is 32.1 Å².